The first-order chi connectivity index (χ1) is 9.06. The molecule has 2 aromatic rings. The quantitative estimate of drug-likeness (QED) is 0.716. The van der Waals surface area contributed by atoms with Gasteiger partial charge in [-0.05, 0) is 30.3 Å². The van der Waals surface area contributed by atoms with E-state index >= 15 is 0 Å². The minimum atomic E-state index is -0.151. The fraction of sp³-hybridized carbons (Fsp3) is 0.0714. The number of carbonyl (C=O) groups is 1. The second-order valence-electron chi connectivity index (χ2n) is 3.80. The average molecular weight is 360 g/mol. The van der Waals surface area contributed by atoms with Gasteiger partial charge < -0.3 is 4.74 Å². The minimum absolute atomic E-state index is 0.0817. The van der Waals surface area contributed by atoms with Crippen LogP contribution in [0.1, 0.15) is 10.4 Å². The third kappa shape index (κ3) is 3.96. The summed E-state index contributed by atoms with van der Waals surface area (Å²) in [7, 11) is 0. The lowest BCUT2D eigenvalue weighted by molar-refractivity contribution is 0.0921. The van der Waals surface area contributed by atoms with Gasteiger partial charge in [0.2, 0.25) is 0 Å². The Bertz CT molecular complexity index is 614. The lowest BCUT2D eigenvalue weighted by atomic mass is 10.1. The molecule has 0 radical (unpaired) electrons. The summed E-state index contributed by atoms with van der Waals surface area (Å²) in [6.45, 7) is -0.0817. The summed E-state index contributed by atoms with van der Waals surface area (Å²) in [5.41, 5.74) is 0.515. The second-order valence-corrected chi connectivity index (χ2v) is 5.56. The zero-order valence-corrected chi connectivity index (χ0v) is 12.8. The number of hydrogen-bond donors (Lipinski definition) is 0. The molecule has 0 aliphatic heterocycles. The number of ether oxygens (including phenoxy) is 1. The molecule has 0 unspecified atom stereocenters. The molecule has 0 heterocycles. The number of benzene rings is 2. The standard InChI is InChI=1S/C14H9BrCl2O2/c15-10-4-5-14(12(17)7-10)19-8-13(18)9-2-1-3-11(16)6-9/h1-7H,8H2. The summed E-state index contributed by atoms with van der Waals surface area (Å²) < 4.78 is 6.26. The topological polar surface area (TPSA) is 26.3 Å². The summed E-state index contributed by atoms with van der Waals surface area (Å²) in [5, 5.41) is 0.973. The van der Waals surface area contributed by atoms with Crippen molar-refractivity contribution in [3.8, 4) is 5.75 Å². The van der Waals surface area contributed by atoms with Crippen molar-refractivity contribution < 1.29 is 9.53 Å². The zero-order valence-electron chi connectivity index (χ0n) is 9.70. The van der Waals surface area contributed by atoms with Gasteiger partial charge in [0, 0.05) is 15.1 Å². The monoisotopic (exact) mass is 358 g/mol. The molecule has 19 heavy (non-hydrogen) atoms. The molecule has 2 nitrogen and oxygen atoms in total. The van der Waals surface area contributed by atoms with Crippen LogP contribution >= 0.6 is 39.1 Å². The first-order valence-corrected chi connectivity index (χ1v) is 6.98. The Hall–Kier alpha value is -1.03. The van der Waals surface area contributed by atoms with Crippen molar-refractivity contribution in [2.24, 2.45) is 0 Å². The van der Waals surface area contributed by atoms with Gasteiger partial charge in [-0.1, -0.05) is 51.3 Å². The maximum Gasteiger partial charge on any atom is 0.200 e. The van der Waals surface area contributed by atoms with Crippen molar-refractivity contribution in [2.75, 3.05) is 6.61 Å². The van der Waals surface area contributed by atoms with Crippen molar-refractivity contribution in [3.05, 3.63) is 62.5 Å². The van der Waals surface area contributed by atoms with E-state index in [2.05, 4.69) is 15.9 Å². The van der Waals surface area contributed by atoms with Crippen molar-refractivity contribution in [1.29, 1.82) is 0 Å². The molecule has 0 spiro atoms. The van der Waals surface area contributed by atoms with E-state index in [0.717, 1.165) is 4.47 Å². The highest BCUT2D eigenvalue weighted by atomic mass is 79.9. The van der Waals surface area contributed by atoms with Gasteiger partial charge >= 0.3 is 0 Å². The Labute approximate surface area is 129 Å². The third-order valence-electron chi connectivity index (χ3n) is 2.40. The molecule has 98 valence electrons. The van der Waals surface area contributed by atoms with Crippen LogP contribution in [-0.2, 0) is 0 Å². The number of halogens is 3. The highest BCUT2D eigenvalue weighted by Crippen LogP contribution is 2.27. The summed E-state index contributed by atoms with van der Waals surface area (Å²) in [6.07, 6.45) is 0. The van der Waals surface area contributed by atoms with E-state index in [1.165, 1.54) is 0 Å². The van der Waals surface area contributed by atoms with Gasteiger partial charge in [-0.2, -0.15) is 0 Å². The van der Waals surface area contributed by atoms with Crippen molar-refractivity contribution in [1.82, 2.24) is 0 Å². The van der Waals surface area contributed by atoms with Crippen LogP contribution in [0.4, 0.5) is 0 Å². The number of ketones is 1. The Morgan fingerprint density at radius 3 is 2.63 bits per heavy atom. The fourth-order valence-electron chi connectivity index (χ4n) is 1.48. The van der Waals surface area contributed by atoms with Crippen molar-refractivity contribution in [3.63, 3.8) is 0 Å². The Morgan fingerprint density at radius 2 is 1.95 bits per heavy atom. The molecular formula is C14H9BrCl2O2. The molecule has 0 aliphatic carbocycles. The molecule has 0 N–H and O–H groups in total. The molecule has 0 saturated carbocycles. The zero-order chi connectivity index (χ0) is 13.8. The average Bonchev–Trinajstić information content (AvgIpc) is 2.37. The SMILES string of the molecule is O=C(COc1ccc(Br)cc1Cl)c1cccc(Cl)c1. The summed E-state index contributed by atoms with van der Waals surface area (Å²) in [5.74, 6) is 0.321. The van der Waals surface area contributed by atoms with E-state index in [0.29, 0.717) is 21.4 Å². The number of rotatable bonds is 4. The second kappa shape index (κ2) is 6.42. The van der Waals surface area contributed by atoms with E-state index < -0.39 is 0 Å². The summed E-state index contributed by atoms with van der Waals surface area (Å²) >= 11 is 15.1. The van der Waals surface area contributed by atoms with E-state index in [9.17, 15) is 4.79 Å². The van der Waals surface area contributed by atoms with E-state index in [1.54, 1.807) is 42.5 Å². The van der Waals surface area contributed by atoms with Crippen LogP contribution in [0.3, 0.4) is 0 Å². The summed E-state index contributed by atoms with van der Waals surface area (Å²) in [4.78, 5) is 11.9. The Kier molecular flexibility index (Phi) is 4.86. The predicted molar refractivity (Wildman–Crippen MR) is 80.4 cm³/mol. The highest BCUT2D eigenvalue weighted by molar-refractivity contribution is 9.10. The molecule has 0 fully saturated rings. The molecular weight excluding hydrogens is 351 g/mol. The minimum Gasteiger partial charge on any atom is -0.484 e. The summed E-state index contributed by atoms with van der Waals surface area (Å²) in [6, 6.07) is 12.0. The van der Waals surface area contributed by atoms with Crippen LogP contribution in [0.5, 0.6) is 5.75 Å². The molecule has 0 amide bonds. The molecule has 0 aliphatic rings. The maximum absolute atomic E-state index is 11.9. The van der Waals surface area contributed by atoms with E-state index in [-0.39, 0.29) is 12.4 Å². The van der Waals surface area contributed by atoms with Crippen LogP contribution in [0.2, 0.25) is 10.0 Å². The van der Waals surface area contributed by atoms with Gasteiger partial charge in [0.1, 0.15) is 5.75 Å². The largest absolute Gasteiger partial charge is 0.484 e. The van der Waals surface area contributed by atoms with Gasteiger partial charge in [-0.3, -0.25) is 4.79 Å². The van der Waals surface area contributed by atoms with Gasteiger partial charge in [-0.15, -0.1) is 0 Å². The predicted octanol–water partition coefficient (Wildman–Crippen LogP) is 5.02. The maximum atomic E-state index is 11.9. The number of Topliss-reactive ketones (excluding diaryl/α,β-unsaturated/α-hetero) is 1. The molecule has 0 saturated heterocycles. The molecule has 2 rings (SSSR count). The molecule has 0 atom stereocenters. The van der Waals surface area contributed by atoms with Gasteiger partial charge in [-0.25, -0.2) is 0 Å². The van der Waals surface area contributed by atoms with Crippen LogP contribution in [0.25, 0.3) is 0 Å². The van der Waals surface area contributed by atoms with E-state index in [1.807, 2.05) is 0 Å². The van der Waals surface area contributed by atoms with Gasteiger partial charge in [0.05, 0.1) is 5.02 Å². The van der Waals surface area contributed by atoms with Crippen LogP contribution in [0.15, 0.2) is 46.9 Å². The smallest absolute Gasteiger partial charge is 0.200 e. The lowest BCUT2D eigenvalue weighted by Crippen LogP contribution is -2.11. The first-order valence-electron chi connectivity index (χ1n) is 5.43. The lowest BCUT2D eigenvalue weighted by Gasteiger charge is -2.07. The highest BCUT2D eigenvalue weighted by Gasteiger charge is 2.09. The molecule has 0 bridgehead atoms. The normalized spacial score (nSPS) is 10.3. The van der Waals surface area contributed by atoms with Gasteiger partial charge in [0.25, 0.3) is 0 Å². The molecule has 5 heteroatoms. The van der Waals surface area contributed by atoms with Crippen LogP contribution in [0, 0.1) is 0 Å². The fourth-order valence-corrected chi connectivity index (χ4v) is 2.40. The molecule has 2 aromatic carbocycles. The number of hydrogen-bond acceptors (Lipinski definition) is 2. The van der Waals surface area contributed by atoms with Gasteiger partial charge in [0.15, 0.2) is 12.4 Å². The first kappa shape index (κ1) is 14.4. The Balaban J connectivity index is 2.04. The Morgan fingerprint density at radius 1 is 1.16 bits per heavy atom. The van der Waals surface area contributed by atoms with Crippen molar-refractivity contribution >= 4 is 44.9 Å². The van der Waals surface area contributed by atoms with Crippen molar-refractivity contribution in [2.45, 2.75) is 0 Å². The molecule has 0 aromatic heterocycles. The van der Waals surface area contributed by atoms with Crippen LogP contribution in [-0.4, -0.2) is 12.4 Å². The number of carbonyl (C=O) groups excluding carboxylic acids is 1. The van der Waals surface area contributed by atoms with Crippen LogP contribution < -0.4 is 4.74 Å². The third-order valence-corrected chi connectivity index (χ3v) is 3.42. The van der Waals surface area contributed by atoms with E-state index in [4.69, 9.17) is 27.9 Å².